The molecule has 85 heavy (non-hydrogen) atoms. The number of aliphatic hydroxyl groups excluding tert-OH is 2. The summed E-state index contributed by atoms with van der Waals surface area (Å²) in [4.78, 5) is 24.6. The molecule has 6 nitrogen and oxygen atoms in total. The van der Waals surface area contributed by atoms with Gasteiger partial charge in [0.15, 0.2) is 0 Å². The molecule has 0 heterocycles. The van der Waals surface area contributed by atoms with Gasteiger partial charge in [0.05, 0.1) is 25.4 Å². The lowest BCUT2D eigenvalue weighted by atomic mass is 10.0. The number of carbonyl (C=O) groups excluding carboxylic acids is 2. The van der Waals surface area contributed by atoms with Gasteiger partial charge in [0, 0.05) is 12.8 Å². The van der Waals surface area contributed by atoms with Gasteiger partial charge in [-0.3, -0.25) is 9.59 Å². The van der Waals surface area contributed by atoms with E-state index < -0.39 is 12.1 Å². The number of esters is 1. The Hall–Kier alpha value is -1.92. The molecule has 502 valence electrons. The molecule has 0 radical (unpaired) electrons. The van der Waals surface area contributed by atoms with Crippen LogP contribution < -0.4 is 5.32 Å². The molecule has 1 amide bonds. The summed E-state index contributed by atoms with van der Waals surface area (Å²) in [5.74, 6) is -0.0456. The topological polar surface area (TPSA) is 95.9 Å². The molecule has 0 bridgehead atoms. The van der Waals surface area contributed by atoms with Gasteiger partial charge in [0.1, 0.15) is 0 Å². The average molecular weight is 1200 g/mol. The molecule has 0 aliphatic rings. The third-order valence-corrected chi connectivity index (χ3v) is 18.2. The lowest BCUT2D eigenvalue weighted by molar-refractivity contribution is -0.143. The van der Waals surface area contributed by atoms with Crippen molar-refractivity contribution >= 4 is 11.9 Å². The third kappa shape index (κ3) is 71.0. The van der Waals surface area contributed by atoms with Crippen LogP contribution in [0.25, 0.3) is 0 Å². The van der Waals surface area contributed by atoms with E-state index in [9.17, 15) is 19.8 Å². The number of carbonyl (C=O) groups is 2. The summed E-state index contributed by atoms with van der Waals surface area (Å²) in [6.45, 7) is 4.95. The highest BCUT2D eigenvalue weighted by Gasteiger charge is 2.18. The zero-order valence-corrected chi connectivity index (χ0v) is 57.6. The summed E-state index contributed by atoms with van der Waals surface area (Å²) < 4.78 is 5.51. The second-order valence-corrected chi connectivity index (χ2v) is 26.7. The Kier molecular flexibility index (Phi) is 72.9. The quantitative estimate of drug-likeness (QED) is 0.0320. The Bertz CT molecular complexity index is 1380. The van der Waals surface area contributed by atoms with Crippen molar-refractivity contribution in [1.82, 2.24) is 5.32 Å². The second kappa shape index (κ2) is 74.5. The van der Waals surface area contributed by atoms with E-state index in [4.69, 9.17) is 4.74 Å². The molecule has 6 heteroatoms. The number of unbranched alkanes of at least 4 members (excludes halogenated alkanes) is 58. The van der Waals surface area contributed by atoms with Gasteiger partial charge in [-0.05, 0) is 64.2 Å². The zero-order valence-electron chi connectivity index (χ0n) is 57.6. The van der Waals surface area contributed by atoms with E-state index in [2.05, 4.69) is 43.5 Å². The first-order valence-corrected chi connectivity index (χ1v) is 38.8. The maximum Gasteiger partial charge on any atom is 0.305 e. The monoisotopic (exact) mass is 1190 g/mol. The molecule has 2 unspecified atom stereocenters. The van der Waals surface area contributed by atoms with Crippen LogP contribution in [0.1, 0.15) is 431 Å². The van der Waals surface area contributed by atoms with Gasteiger partial charge in [0.2, 0.25) is 5.91 Å². The number of amides is 1. The highest BCUT2D eigenvalue weighted by Crippen LogP contribution is 2.19. The second-order valence-electron chi connectivity index (χ2n) is 26.7. The van der Waals surface area contributed by atoms with E-state index in [0.717, 1.165) is 44.9 Å². The number of ether oxygens (including phenoxy) is 1. The summed E-state index contributed by atoms with van der Waals surface area (Å²) in [5.41, 5.74) is 0. The fraction of sp³-hybridized carbons (Fsp3) is 0.899. The SMILES string of the molecule is CCCCCCCCCCCCCCCCCCC/C=C/C(O)C(CO)NC(=O)CCCCCCCCCCCCCCCCC/C=C\C/C=C\CCCCCCCCCCCOC(=O)CCCCCCCCCCCCCCCCCCCC. The van der Waals surface area contributed by atoms with Crippen molar-refractivity contribution in [3.8, 4) is 0 Å². The number of rotatable bonds is 73. The summed E-state index contributed by atoms with van der Waals surface area (Å²) in [5, 5.41) is 23.2. The molecule has 0 aliphatic heterocycles. The van der Waals surface area contributed by atoms with Crippen LogP contribution in [0.2, 0.25) is 0 Å². The smallest absolute Gasteiger partial charge is 0.305 e. The lowest BCUT2D eigenvalue weighted by Crippen LogP contribution is -2.45. The number of allylic oxidation sites excluding steroid dienone is 5. The molecule has 0 aromatic rings. The van der Waals surface area contributed by atoms with Gasteiger partial charge in [-0.2, -0.15) is 0 Å². The normalized spacial score (nSPS) is 12.7. The minimum absolute atomic E-state index is 0.0180. The van der Waals surface area contributed by atoms with E-state index in [-0.39, 0.29) is 18.5 Å². The van der Waals surface area contributed by atoms with Crippen molar-refractivity contribution in [3.63, 3.8) is 0 Å². The minimum atomic E-state index is -0.845. The van der Waals surface area contributed by atoms with Crippen LogP contribution in [0.5, 0.6) is 0 Å². The first kappa shape index (κ1) is 83.1. The van der Waals surface area contributed by atoms with Gasteiger partial charge < -0.3 is 20.3 Å². The van der Waals surface area contributed by atoms with Gasteiger partial charge in [-0.1, -0.05) is 391 Å². The van der Waals surface area contributed by atoms with Crippen LogP contribution >= 0.6 is 0 Å². The highest BCUT2D eigenvalue weighted by molar-refractivity contribution is 5.76. The Morgan fingerprint density at radius 3 is 0.894 bits per heavy atom. The molecule has 0 saturated carbocycles. The minimum Gasteiger partial charge on any atom is -0.466 e. The predicted molar refractivity (Wildman–Crippen MR) is 375 cm³/mol. The molecule has 0 fully saturated rings. The Morgan fingerprint density at radius 1 is 0.329 bits per heavy atom. The summed E-state index contributed by atoms with van der Waals surface area (Å²) in [7, 11) is 0. The maximum absolute atomic E-state index is 12.5. The van der Waals surface area contributed by atoms with Crippen LogP contribution in [0.15, 0.2) is 36.5 Å². The van der Waals surface area contributed by atoms with Crippen molar-refractivity contribution in [2.45, 2.75) is 443 Å². The first-order valence-electron chi connectivity index (χ1n) is 38.8. The van der Waals surface area contributed by atoms with Crippen LogP contribution in [0.4, 0.5) is 0 Å². The van der Waals surface area contributed by atoms with Gasteiger partial charge in [0.25, 0.3) is 0 Å². The van der Waals surface area contributed by atoms with Crippen molar-refractivity contribution in [1.29, 1.82) is 0 Å². The highest BCUT2D eigenvalue weighted by atomic mass is 16.5. The Morgan fingerprint density at radius 2 is 0.588 bits per heavy atom. The van der Waals surface area contributed by atoms with E-state index >= 15 is 0 Å². The standard InChI is InChI=1S/C79H151NO5/c1-3-5-7-9-11-13-15-17-19-21-36-39-43-47-51-55-59-63-67-71-77(82)76(75-81)80-78(83)72-68-64-60-56-52-48-44-40-37-34-32-30-28-26-24-23-25-27-29-31-33-35-38-42-46-50-54-58-62-66-70-74-85-79(84)73-69-65-61-57-53-49-45-41-22-20-18-16-14-12-10-8-6-4-2/h25,27,31,33,67,71,76-77,81-82H,3-24,26,28-30,32,34-66,68-70,72-75H2,1-2H3,(H,80,83)/b27-25-,33-31-,71-67+. The summed E-state index contributed by atoms with van der Waals surface area (Å²) in [6, 6.07) is -0.628. The number of aliphatic hydroxyl groups is 2. The van der Waals surface area contributed by atoms with Crippen molar-refractivity contribution in [2.75, 3.05) is 13.2 Å². The number of hydrogen-bond acceptors (Lipinski definition) is 5. The fourth-order valence-electron chi connectivity index (χ4n) is 12.3. The number of nitrogens with one attached hydrogen (secondary N) is 1. The average Bonchev–Trinajstić information content (AvgIpc) is 3.51. The summed E-state index contributed by atoms with van der Waals surface area (Å²) in [6.07, 6.45) is 96.8. The molecular formula is C79H151NO5. The lowest BCUT2D eigenvalue weighted by Gasteiger charge is -2.20. The molecule has 2 atom stereocenters. The third-order valence-electron chi connectivity index (χ3n) is 18.2. The van der Waals surface area contributed by atoms with Crippen LogP contribution in [0.3, 0.4) is 0 Å². The van der Waals surface area contributed by atoms with Crippen molar-refractivity contribution in [3.05, 3.63) is 36.5 Å². The number of hydrogen-bond donors (Lipinski definition) is 3. The van der Waals surface area contributed by atoms with E-state index in [1.807, 2.05) is 6.08 Å². The van der Waals surface area contributed by atoms with Gasteiger partial charge in [-0.15, -0.1) is 0 Å². The van der Waals surface area contributed by atoms with Gasteiger partial charge in [-0.25, -0.2) is 0 Å². The molecule has 0 rings (SSSR count). The predicted octanol–water partition coefficient (Wildman–Crippen LogP) is 25.4. The van der Waals surface area contributed by atoms with E-state index in [1.165, 1.54) is 360 Å². The van der Waals surface area contributed by atoms with Crippen molar-refractivity contribution in [2.24, 2.45) is 0 Å². The zero-order chi connectivity index (χ0) is 61.3. The molecular weight excluding hydrogens is 1040 g/mol. The Labute approximate surface area is 532 Å². The fourth-order valence-corrected chi connectivity index (χ4v) is 12.3. The van der Waals surface area contributed by atoms with Gasteiger partial charge >= 0.3 is 5.97 Å². The molecule has 0 aromatic heterocycles. The molecule has 0 aromatic carbocycles. The van der Waals surface area contributed by atoms with Crippen LogP contribution in [-0.4, -0.2) is 47.4 Å². The van der Waals surface area contributed by atoms with Crippen molar-refractivity contribution < 1.29 is 24.5 Å². The van der Waals surface area contributed by atoms with Crippen LogP contribution in [0, 0.1) is 0 Å². The first-order chi connectivity index (χ1) is 42.0. The summed E-state index contributed by atoms with van der Waals surface area (Å²) >= 11 is 0. The van der Waals surface area contributed by atoms with Crippen LogP contribution in [-0.2, 0) is 14.3 Å². The largest absolute Gasteiger partial charge is 0.466 e. The van der Waals surface area contributed by atoms with E-state index in [0.29, 0.717) is 19.4 Å². The molecule has 3 N–H and O–H groups in total. The molecule has 0 aliphatic carbocycles. The molecule has 0 saturated heterocycles. The Balaban J connectivity index is 3.39. The maximum atomic E-state index is 12.5. The molecule has 0 spiro atoms. The van der Waals surface area contributed by atoms with E-state index in [1.54, 1.807) is 6.08 Å².